The van der Waals surface area contributed by atoms with Crippen molar-refractivity contribution in [3.8, 4) is 0 Å². The quantitative estimate of drug-likeness (QED) is 0.736. The molecule has 1 heterocycles. The molecular weight excluding hydrogens is 166 g/mol. The number of aryl methyl sites for hydroxylation is 1. The zero-order valence-electron chi connectivity index (χ0n) is 7.45. The van der Waals surface area contributed by atoms with Crippen molar-refractivity contribution in [2.75, 3.05) is 5.32 Å². The van der Waals surface area contributed by atoms with E-state index in [4.69, 9.17) is 0 Å². The first-order chi connectivity index (χ1) is 6.25. The van der Waals surface area contributed by atoms with Crippen LogP contribution in [-0.4, -0.2) is 15.9 Å². The van der Waals surface area contributed by atoms with Gasteiger partial charge in [0.25, 0.3) is 0 Å². The summed E-state index contributed by atoms with van der Waals surface area (Å²) in [6.07, 6.45) is 5.23. The van der Waals surface area contributed by atoms with Gasteiger partial charge in [-0.2, -0.15) is 0 Å². The highest BCUT2D eigenvalue weighted by molar-refractivity contribution is 5.93. The van der Waals surface area contributed by atoms with Gasteiger partial charge in [-0.3, -0.25) is 9.78 Å². The molecule has 0 atom stereocenters. The second-order valence-electron chi connectivity index (χ2n) is 3.31. The van der Waals surface area contributed by atoms with Crippen molar-refractivity contribution >= 4 is 11.7 Å². The highest BCUT2D eigenvalue weighted by Gasteiger charge is 2.29. The minimum Gasteiger partial charge on any atom is -0.309 e. The number of aromatic nitrogens is 2. The Balaban J connectivity index is 2.04. The number of nitrogens with one attached hydrogen (secondary N) is 1. The fourth-order valence-electron chi connectivity index (χ4n) is 1.10. The van der Waals surface area contributed by atoms with Gasteiger partial charge in [0, 0.05) is 12.1 Å². The summed E-state index contributed by atoms with van der Waals surface area (Å²) in [5.41, 5.74) is 0.814. The summed E-state index contributed by atoms with van der Waals surface area (Å²) in [6.45, 7) is 1.85. The Labute approximate surface area is 76.4 Å². The normalized spacial score (nSPS) is 15.5. The van der Waals surface area contributed by atoms with Crippen molar-refractivity contribution in [3.63, 3.8) is 0 Å². The lowest BCUT2D eigenvalue weighted by Crippen LogP contribution is -2.14. The highest BCUT2D eigenvalue weighted by atomic mass is 16.2. The number of nitrogens with zero attached hydrogens (tertiary/aromatic N) is 2. The first-order valence-corrected chi connectivity index (χ1v) is 4.35. The van der Waals surface area contributed by atoms with Gasteiger partial charge in [0.05, 0.1) is 11.9 Å². The Hall–Kier alpha value is -1.45. The summed E-state index contributed by atoms with van der Waals surface area (Å²) in [5, 5.41) is 2.73. The minimum atomic E-state index is 0.0694. The molecule has 1 aromatic rings. The van der Waals surface area contributed by atoms with Crippen molar-refractivity contribution in [1.82, 2.24) is 9.97 Å². The highest BCUT2D eigenvalue weighted by Crippen LogP contribution is 2.29. The molecule has 0 unspecified atom stereocenters. The van der Waals surface area contributed by atoms with Crippen LogP contribution in [0.4, 0.5) is 5.82 Å². The van der Waals surface area contributed by atoms with E-state index in [1.165, 1.54) is 0 Å². The van der Waals surface area contributed by atoms with Crippen molar-refractivity contribution in [2.24, 2.45) is 5.92 Å². The van der Waals surface area contributed by atoms with E-state index in [9.17, 15) is 4.79 Å². The van der Waals surface area contributed by atoms with Crippen LogP contribution in [0.2, 0.25) is 0 Å². The number of rotatable bonds is 2. The zero-order chi connectivity index (χ0) is 9.26. The van der Waals surface area contributed by atoms with Gasteiger partial charge in [-0.15, -0.1) is 0 Å². The van der Waals surface area contributed by atoms with Gasteiger partial charge in [0.2, 0.25) is 5.91 Å². The summed E-state index contributed by atoms with van der Waals surface area (Å²) in [7, 11) is 0. The van der Waals surface area contributed by atoms with Crippen molar-refractivity contribution in [3.05, 3.63) is 18.1 Å². The molecule has 1 aliphatic rings. The first-order valence-electron chi connectivity index (χ1n) is 4.35. The number of carbonyl (C=O) groups excluding carboxylic acids is 1. The largest absolute Gasteiger partial charge is 0.309 e. The fraction of sp³-hybridized carbons (Fsp3) is 0.444. The Bertz CT molecular complexity index is 333. The molecule has 0 aliphatic heterocycles. The third kappa shape index (κ3) is 2.02. The SMILES string of the molecule is Cc1cncc(NC(=O)C2CC2)n1. The van der Waals surface area contributed by atoms with Crippen LogP contribution in [0.15, 0.2) is 12.4 Å². The molecule has 0 aromatic carbocycles. The van der Waals surface area contributed by atoms with E-state index in [1.807, 2.05) is 6.92 Å². The van der Waals surface area contributed by atoms with Crippen molar-refractivity contribution < 1.29 is 4.79 Å². The molecule has 2 rings (SSSR count). The van der Waals surface area contributed by atoms with Crippen molar-refractivity contribution in [2.45, 2.75) is 19.8 Å². The third-order valence-corrected chi connectivity index (χ3v) is 1.95. The van der Waals surface area contributed by atoms with Crippen LogP contribution in [0.5, 0.6) is 0 Å². The summed E-state index contributed by atoms with van der Waals surface area (Å²) < 4.78 is 0. The molecule has 0 bridgehead atoms. The van der Waals surface area contributed by atoms with Gasteiger partial charge in [-0.1, -0.05) is 0 Å². The fourth-order valence-corrected chi connectivity index (χ4v) is 1.10. The van der Waals surface area contributed by atoms with Crippen LogP contribution in [-0.2, 0) is 4.79 Å². The number of anilines is 1. The van der Waals surface area contributed by atoms with Crippen LogP contribution in [0.1, 0.15) is 18.5 Å². The van der Waals surface area contributed by atoms with E-state index >= 15 is 0 Å². The van der Waals surface area contributed by atoms with Gasteiger partial charge in [0.15, 0.2) is 5.82 Å². The molecule has 4 nitrogen and oxygen atoms in total. The molecule has 4 heteroatoms. The molecule has 1 aliphatic carbocycles. The average Bonchev–Trinajstić information content (AvgIpc) is 2.85. The second-order valence-corrected chi connectivity index (χ2v) is 3.31. The number of hydrogen-bond acceptors (Lipinski definition) is 3. The van der Waals surface area contributed by atoms with Crippen LogP contribution in [0, 0.1) is 12.8 Å². The van der Waals surface area contributed by atoms with Crippen LogP contribution >= 0.6 is 0 Å². The average molecular weight is 177 g/mol. The van der Waals surface area contributed by atoms with Crippen LogP contribution < -0.4 is 5.32 Å². The first kappa shape index (κ1) is 8.16. The Morgan fingerprint density at radius 1 is 1.54 bits per heavy atom. The van der Waals surface area contributed by atoms with E-state index in [0.29, 0.717) is 5.82 Å². The molecule has 1 aromatic heterocycles. The number of carbonyl (C=O) groups is 1. The predicted molar refractivity (Wildman–Crippen MR) is 48.1 cm³/mol. The topological polar surface area (TPSA) is 54.9 Å². The maximum atomic E-state index is 11.3. The molecule has 1 saturated carbocycles. The molecule has 0 radical (unpaired) electrons. The molecule has 1 amide bonds. The summed E-state index contributed by atoms with van der Waals surface area (Å²) >= 11 is 0. The Kier molecular flexibility index (Phi) is 1.96. The van der Waals surface area contributed by atoms with E-state index in [1.54, 1.807) is 12.4 Å². The lowest BCUT2D eigenvalue weighted by atomic mass is 10.4. The van der Waals surface area contributed by atoms with Gasteiger partial charge in [-0.05, 0) is 19.8 Å². The van der Waals surface area contributed by atoms with Gasteiger partial charge < -0.3 is 5.32 Å². The summed E-state index contributed by atoms with van der Waals surface area (Å²) in [4.78, 5) is 19.4. The van der Waals surface area contributed by atoms with E-state index < -0.39 is 0 Å². The Morgan fingerprint density at radius 2 is 2.31 bits per heavy atom. The van der Waals surface area contributed by atoms with E-state index in [-0.39, 0.29) is 11.8 Å². The van der Waals surface area contributed by atoms with Crippen molar-refractivity contribution in [1.29, 1.82) is 0 Å². The maximum absolute atomic E-state index is 11.3. The predicted octanol–water partition coefficient (Wildman–Crippen LogP) is 1.13. The number of hydrogen-bond donors (Lipinski definition) is 1. The third-order valence-electron chi connectivity index (χ3n) is 1.95. The van der Waals surface area contributed by atoms with Crippen LogP contribution in [0.3, 0.4) is 0 Å². The van der Waals surface area contributed by atoms with E-state index in [0.717, 1.165) is 18.5 Å². The molecule has 0 saturated heterocycles. The smallest absolute Gasteiger partial charge is 0.228 e. The minimum absolute atomic E-state index is 0.0694. The van der Waals surface area contributed by atoms with Gasteiger partial charge in [-0.25, -0.2) is 4.98 Å². The monoisotopic (exact) mass is 177 g/mol. The molecule has 68 valence electrons. The molecule has 0 spiro atoms. The van der Waals surface area contributed by atoms with Gasteiger partial charge in [0.1, 0.15) is 0 Å². The van der Waals surface area contributed by atoms with Crippen LogP contribution in [0.25, 0.3) is 0 Å². The Morgan fingerprint density at radius 3 is 2.92 bits per heavy atom. The van der Waals surface area contributed by atoms with Gasteiger partial charge >= 0.3 is 0 Å². The summed E-state index contributed by atoms with van der Waals surface area (Å²) in [6, 6.07) is 0. The molecular formula is C9H11N3O. The standard InChI is InChI=1S/C9H11N3O/c1-6-4-10-5-8(11-6)12-9(13)7-2-3-7/h4-5,7H,2-3H2,1H3,(H,11,12,13). The second kappa shape index (κ2) is 3.12. The zero-order valence-corrected chi connectivity index (χ0v) is 7.45. The lowest BCUT2D eigenvalue weighted by molar-refractivity contribution is -0.117. The molecule has 1 fully saturated rings. The number of amides is 1. The summed E-state index contributed by atoms with van der Waals surface area (Å²) in [5.74, 6) is 0.833. The molecule has 1 N–H and O–H groups in total. The lowest BCUT2D eigenvalue weighted by Gasteiger charge is -2.02. The maximum Gasteiger partial charge on any atom is 0.228 e. The molecule has 13 heavy (non-hydrogen) atoms. The van der Waals surface area contributed by atoms with E-state index in [2.05, 4.69) is 15.3 Å².